The molecule has 2 aromatic heterocycles. The van der Waals surface area contributed by atoms with Gasteiger partial charge in [-0.2, -0.15) is 13.2 Å². The highest BCUT2D eigenvalue weighted by molar-refractivity contribution is 7.89. The van der Waals surface area contributed by atoms with E-state index in [0.717, 1.165) is 18.3 Å². The van der Waals surface area contributed by atoms with Gasteiger partial charge in [-0.05, 0) is 41.5 Å². The summed E-state index contributed by atoms with van der Waals surface area (Å²) in [7, 11) is -3.96. The molecule has 0 spiro atoms. The lowest BCUT2D eigenvalue weighted by Gasteiger charge is -2.11. The number of aromatic nitrogens is 3. The Bertz CT molecular complexity index is 1510. The molecule has 0 unspecified atom stereocenters. The lowest BCUT2D eigenvalue weighted by molar-refractivity contribution is -0.137. The maximum atomic E-state index is 13.6. The van der Waals surface area contributed by atoms with Gasteiger partial charge in [-0.3, -0.25) is 4.98 Å². The summed E-state index contributed by atoms with van der Waals surface area (Å²) in [4.78, 5) is 11.5. The summed E-state index contributed by atoms with van der Waals surface area (Å²) in [5.41, 5.74) is -0.721. The number of pyridine rings is 1. The fourth-order valence-corrected chi connectivity index (χ4v) is 3.84. The average Bonchev–Trinajstić information content (AvgIpc) is 2.83. The van der Waals surface area contributed by atoms with Crippen LogP contribution in [0.25, 0.3) is 33.8 Å². The van der Waals surface area contributed by atoms with Crippen molar-refractivity contribution in [2.45, 2.75) is 17.5 Å². The number of rotatable bonds is 5. The van der Waals surface area contributed by atoms with E-state index in [2.05, 4.69) is 15.0 Å². The predicted octanol–water partition coefficient (Wildman–Crippen LogP) is 5.48. The molecular weight excluding hydrogens is 491 g/mol. The monoisotopic (exact) mass is 506 g/mol. The molecule has 0 aliphatic rings. The number of alkyl halides is 5. The minimum atomic E-state index is -4.68. The SMILES string of the molecule is NS(=O)(=O)c1cccc(-c2cccc(-c3nc(-c4cncc(C(F)(F)F)c4)cc(C(F)F)n3)c2)c1. The second-order valence-electron chi connectivity index (χ2n) is 7.42. The molecule has 2 aromatic carbocycles. The molecule has 2 N–H and O–H groups in total. The van der Waals surface area contributed by atoms with E-state index in [-0.39, 0.29) is 27.5 Å². The molecule has 0 aliphatic heterocycles. The lowest BCUT2D eigenvalue weighted by atomic mass is 10.0. The third-order valence-electron chi connectivity index (χ3n) is 4.95. The highest BCUT2D eigenvalue weighted by Crippen LogP contribution is 2.33. The Hall–Kier alpha value is -3.77. The molecule has 0 atom stereocenters. The fraction of sp³-hybridized carbons (Fsp3) is 0.0870. The summed E-state index contributed by atoms with van der Waals surface area (Å²) >= 11 is 0. The molecule has 0 amide bonds. The van der Waals surface area contributed by atoms with Gasteiger partial charge in [0.1, 0.15) is 5.69 Å². The second kappa shape index (κ2) is 9.12. The van der Waals surface area contributed by atoms with Crippen LogP contribution in [0.3, 0.4) is 0 Å². The van der Waals surface area contributed by atoms with Crippen LogP contribution in [0.15, 0.2) is 78.0 Å². The van der Waals surface area contributed by atoms with Crippen LogP contribution in [0.5, 0.6) is 0 Å². The summed E-state index contributed by atoms with van der Waals surface area (Å²) in [5, 5.41) is 5.18. The quantitative estimate of drug-likeness (QED) is 0.362. The number of sulfonamides is 1. The van der Waals surface area contributed by atoms with E-state index in [1.54, 1.807) is 24.3 Å². The molecule has 4 aromatic rings. The molecule has 35 heavy (non-hydrogen) atoms. The number of halogens is 5. The Morgan fingerprint density at radius 1 is 0.800 bits per heavy atom. The molecule has 2 heterocycles. The first-order chi connectivity index (χ1) is 16.4. The first-order valence-corrected chi connectivity index (χ1v) is 11.4. The molecular formula is C23H15F5N4O2S. The Balaban J connectivity index is 1.82. The van der Waals surface area contributed by atoms with Crippen LogP contribution in [0, 0.1) is 0 Å². The summed E-state index contributed by atoms with van der Waals surface area (Å²) in [6, 6.07) is 13.8. The van der Waals surface area contributed by atoms with E-state index in [9.17, 15) is 30.4 Å². The molecule has 0 fully saturated rings. The molecule has 0 saturated carbocycles. The van der Waals surface area contributed by atoms with Crippen molar-refractivity contribution in [3.8, 4) is 33.8 Å². The number of hydrogen-bond acceptors (Lipinski definition) is 5. The van der Waals surface area contributed by atoms with Crippen LogP contribution in [-0.4, -0.2) is 23.4 Å². The van der Waals surface area contributed by atoms with Crippen molar-refractivity contribution >= 4 is 10.0 Å². The molecule has 6 nitrogen and oxygen atoms in total. The summed E-state index contributed by atoms with van der Waals surface area (Å²) < 4.78 is 89.8. The minimum Gasteiger partial charge on any atom is -0.263 e. The summed E-state index contributed by atoms with van der Waals surface area (Å²) in [6.45, 7) is 0. The number of hydrogen-bond donors (Lipinski definition) is 1. The third kappa shape index (κ3) is 5.49. The van der Waals surface area contributed by atoms with Crippen LogP contribution in [0.4, 0.5) is 22.0 Å². The highest BCUT2D eigenvalue weighted by atomic mass is 32.2. The van der Waals surface area contributed by atoms with E-state index < -0.39 is 33.9 Å². The molecule has 180 valence electrons. The number of primary sulfonamides is 1. The van der Waals surface area contributed by atoms with E-state index in [0.29, 0.717) is 17.3 Å². The van der Waals surface area contributed by atoms with Gasteiger partial charge in [0.15, 0.2) is 5.82 Å². The highest BCUT2D eigenvalue weighted by Gasteiger charge is 2.31. The number of nitrogens with zero attached hydrogens (tertiary/aromatic N) is 3. The molecule has 0 bridgehead atoms. The van der Waals surface area contributed by atoms with Crippen molar-refractivity contribution in [2.75, 3.05) is 0 Å². The first-order valence-electron chi connectivity index (χ1n) is 9.85. The largest absolute Gasteiger partial charge is 0.417 e. The smallest absolute Gasteiger partial charge is 0.263 e. The van der Waals surface area contributed by atoms with Crippen LogP contribution >= 0.6 is 0 Å². The maximum Gasteiger partial charge on any atom is 0.417 e. The van der Waals surface area contributed by atoms with Gasteiger partial charge in [-0.25, -0.2) is 32.3 Å². The standard InChI is InChI=1S/C23H15F5N4O2S/c24-21(25)20-10-19(16-8-17(12-30-11-16)23(26,27)28)31-22(32-20)15-5-1-3-13(7-15)14-4-2-6-18(9-14)35(29,33)34/h1-12,21H,(H2,29,33,34). The zero-order valence-electron chi connectivity index (χ0n) is 17.5. The Labute approximate surface area is 196 Å². The van der Waals surface area contributed by atoms with E-state index in [4.69, 9.17) is 5.14 Å². The van der Waals surface area contributed by atoms with Gasteiger partial charge in [0.25, 0.3) is 6.43 Å². The van der Waals surface area contributed by atoms with Crippen molar-refractivity contribution in [3.63, 3.8) is 0 Å². The van der Waals surface area contributed by atoms with Gasteiger partial charge in [0, 0.05) is 23.5 Å². The van der Waals surface area contributed by atoms with Crippen molar-refractivity contribution in [2.24, 2.45) is 5.14 Å². The van der Waals surface area contributed by atoms with Crippen LogP contribution in [0.2, 0.25) is 0 Å². The minimum absolute atomic E-state index is 0.109. The van der Waals surface area contributed by atoms with Crippen molar-refractivity contribution in [3.05, 3.63) is 84.3 Å². The summed E-state index contributed by atoms with van der Waals surface area (Å²) in [5.74, 6) is -0.153. The zero-order chi connectivity index (χ0) is 25.4. The zero-order valence-corrected chi connectivity index (χ0v) is 18.4. The number of nitrogens with two attached hydrogens (primary N) is 1. The van der Waals surface area contributed by atoms with Gasteiger partial charge in [0.05, 0.1) is 16.2 Å². The van der Waals surface area contributed by atoms with Crippen LogP contribution in [0.1, 0.15) is 17.7 Å². The maximum absolute atomic E-state index is 13.6. The number of benzene rings is 2. The summed E-state index contributed by atoms with van der Waals surface area (Å²) in [6.07, 6.45) is -5.97. The van der Waals surface area contributed by atoms with Crippen molar-refractivity contribution < 1.29 is 30.4 Å². The Morgan fingerprint density at radius 3 is 2.11 bits per heavy atom. The van der Waals surface area contributed by atoms with E-state index in [1.165, 1.54) is 24.3 Å². The van der Waals surface area contributed by atoms with Gasteiger partial charge in [-0.1, -0.05) is 30.3 Å². The second-order valence-corrected chi connectivity index (χ2v) is 8.98. The lowest BCUT2D eigenvalue weighted by Crippen LogP contribution is -2.11. The normalized spacial score (nSPS) is 12.2. The van der Waals surface area contributed by atoms with E-state index in [1.807, 2.05) is 0 Å². The molecule has 0 aliphatic carbocycles. The van der Waals surface area contributed by atoms with Gasteiger partial charge in [-0.15, -0.1) is 0 Å². The van der Waals surface area contributed by atoms with Crippen molar-refractivity contribution in [1.82, 2.24) is 15.0 Å². The fourth-order valence-electron chi connectivity index (χ4n) is 3.28. The van der Waals surface area contributed by atoms with Gasteiger partial charge < -0.3 is 0 Å². The Morgan fingerprint density at radius 2 is 1.46 bits per heavy atom. The predicted molar refractivity (Wildman–Crippen MR) is 117 cm³/mol. The Kier molecular flexibility index (Phi) is 6.34. The molecule has 4 rings (SSSR count). The molecule has 0 saturated heterocycles. The van der Waals surface area contributed by atoms with Crippen LogP contribution < -0.4 is 5.14 Å². The topological polar surface area (TPSA) is 98.8 Å². The third-order valence-corrected chi connectivity index (χ3v) is 5.86. The van der Waals surface area contributed by atoms with Crippen molar-refractivity contribution in [1.29, 1.82) is 0 Å². The van der Waals surface area contributed by atoms with Gasteiger partial charge in [0.2, 0.25) is 10.0 Å². The van der Waals surface area contributed by atoms with E-state index >= 15 is 0 Å². The van der Waals surface area contributed by atoms with Crippen LogP contribution in [-0.2, 0) is 16.2 Å². The molecule has 0 radical (unpaired) electrons. The average molecular weight is 506 g/mol. The first kappa shape index (κ1) is 24.4. The van der Waals surface area contributed by atoms with Gasteiger partial charge >= 0.3 is 6.18 Å². The molecule has 12 heteroatoms.